The number of ether oxygens (including phenoxy) is 5. The van der Waals surface area contributed by atoms with Crippen LogP contribution in [0.1, 0.15) is 47.3 Å². The van der Waals surface area contributed by atoms with E-state index in [1.165, 1.54) is 7.11 Å². The van der Waals surface area contributed by atoms with Crippen molar-refractivity contribution in [2.45, 2.75) is 44.6 Å². The molecule has 2 unspecified atom stereocenters. The van der Waals surface area contributed by atoms with Crippen molar-refractivity contribution in [3.63, 3.8) is 0 Å². The predicted molar refractivity (Wildman–Crippen MR) is 210 cm³/mol. The summed E-state index contributed by atoms with van der Waals surface area (Å²) in [5, 5.41) is 14.5. The Balaban J connectivity index is 0.00000870. The highest BCUT2D eigenvalue weighted by molar-refractivity contribution is 6.31. The van der Waals surface area contributed by atoms with E-state index >= 15 is 0 Å². The number of aromatic nitrogens is 2. The highest BCUT2D eigenvalue weighted by Crippen LogP contribution is 2.25. The third kappa shape index (κ3) is 16.5. The number of halogens is 2. The van der Waals surface area contributed by atoms with Crippen molar-refractivity contribution in [1.29, 1.82) is 0 Å². The first kappa shape index (κ1) is 46.9. The summed E-state index contributed by atoms with van der Waals surface area (Å²) in [6, 6.07) is 15.4. The number of carbonyl (C=O) groups excluding carboxylic acids is 3. The van der Waals surface area contributed by atoms with Crippen molar-refractivity contribution >= 4 is 41.0 Å². The van der Waals surface area contributed by atoms with Crippen molar-refractivity contribution in [1.82, 2.24) is 20.6 Å². The fourth-order valence-electron chi connectivity index (χ4n) is 6.61. The van der Waals surface area contributed by atoms with Gasteiger partial charge in [0.05, 0.1) is 72.4 Å². The topological polar surface area (TPSA) is 219 Å². The van der Waals surface area contributed by atoms with Gasteiger partial charge in [-0.05, 0) is 61.1 Å². The third-order valence-electron chi connectivity index (χ3n) is 9.42. The number of likely N-dealkylation sites (tertiary alicyclic amines) is 1. The summed E-state index contributed by atoms with van der Waals surface area (Å²) in [5.41, 5.74) is 14.0. The molecule has 0 aliphatic carbocycles. The van der Waals surface area contributed by atoms with Gasteiger partial charge >= 0.3 is 5.97 Å². The van der Waals surface area contributed by atoms with Crippen molar-refractivity contribution in [3.8, 4) is 11.5 Å². The molecule has 2 aromatic carbocycles. The van der Waals surface area contributed by atoms with Gasteiger partial charge in [0.1, 0.15) is 11.5 Å². The minimum absolute atomic E-state index is 0. The van der Waals surface area contributed by atoms with E-state index in [0.29, 0.717) is 37.9 Å². The normalized spacial score (nSPS) is 16.2. The summed E-state index contributed by atoms with van der Waals surface area (Å²) in [6.07, 6.45) is 5.34. The summed E-state index contributed by atoms with van der Waals surface area (Å²) in [6.45, 7) is 5.07. The highest BCUT2D eigenvalue weighted by atomic mass is 35.5. The molecule has 1 saturated heterocycles. The van der Waals surface area contributed by atoms with Gasteiger partial charge in [0, 0.05) is 19.4 Å². The second-order valence-electron chi connectivity index (χ2n) is 13.6. The maximum Gasteiger partial charge on any atom is 0.343 e. The lowest BCUT2D eigenvalue weighted by molar-refractivity contribution is -0.933. The second-order valence-corrected chi connectivity index (χ2v) is 13.9. The number of methoxy groups -OCH3 is 1. The van der Waals surface area contributed by atoms with Gasteiger partial charge in [-0.25, -0.2) is 14.8 Å². The van der Waals surface area contributed by atoms with Crippen molar-refractivity contribution in [2.75, 3.05) is 97.5 Å². The molecule has 7 N–H and O–H groups in total. The first-order valence-electron chi connectivity index (χ1n) is 18.9. The molecule has 0 radical (unpaired) electrons. The van der Waals surface area contributed by atoms with Crippen LogP contribution in [-0.4, -0.2) is 129 Å². The number of aliphatic hydroxyl groups is 1. The average Bonchev–Trinajstić information content (AvgIpc) is 3.19. The Morgan fingerprint density at radius 3 is 2.05 bits per heavy atom. The van der Waals surface area contributed by atoms with E-state index in [-0.39, 0.29) is 73.3 Å². The number of esters is 1. The molecule has 0 bridgehead atoms. The molecule has 2 amide bonds. The number of benzene rings is 2. The van der Waals surface area contributed by atoms with Crippen LogP contribution in [0.15, 0.2) is 48.5 Å². The number of nitrogens with two attached hydrogens (primary N) is 2. The zero-order valence-electron chi connectivity index (χ0n) is 32.4. The van der Waals surface area contributed by atoms with Crippen molar-refractivity contribution < 1.29 is 60.1 Å². The lowest BCUT2D eigenvalue weighted by Gasteiger charge is -2.45. The SMILES string of the molecule is COC(=O)COc1ccc(CCC[N+]2(CCCc3ccc(OCC(=O)NCCOCCOCCO)cc3)CCCC(NC(=O)c3nc(Cl)c(N)nc3N)C2)cc1.[Cl-]. The van der Waals surface area contributed by atoms with E-state index in [9.17, 15) is 14.4 Å². The first-order chi connectivity index (χ1) is 27.1. The van der Waals surface area contributed by atoms with E-state index in [2.05, 4.69) is 25.3 Å². The van der Waals surface area contributed by atoms with Crippen molar-refractivity contribution in [2.24, 2.45) is 0 Å². The zero-order chi connectivity index (χ0) is 40.2. The second kappa shape index (κ2) is 25.0. The molecular weight excluding hydrogens is 781 g/mol. The van der Waals surface area contributed by atoms with Crippen LogP contribution in [0.3, 0.4) is 0 Å². The van der Waals surface area contributed by atoms with E-state index < -0.39 is 11.9 Å². The Labute approximate surface area is 344 Å². The van der Waals surface area contributed by atoms with E-state index in [1.807, 2.05) is 48.5 Å². The molecule has 0 spiro atoms. The average molecular weight is 837 g/mol. The Hall–Kier alpha value is -4.45. The number of nitrogen functional groups attached to an aromatic ring is 2. The van der Waals surface area contributed by atoms with Gasteiger partial charge in [0.2, 0.25) is 0 Å². The minimum atomic E-state index is -0.437. The molecule has 1 fully saturated rings. The number of hydrogen-bond acceptors (Lipinski definition) is 13. The van der Waals surface area contributed by atoms with Crippen molar-refractivity contribution in [3.05, 3.63) is 70.5 Å². The number of aliphatic hydroxyl groups excluding tert-OH is 1. The number of anilines is 2. The minimum Gasteiger partial charge on any atom is -1.00 e. The molecule has 3 aromatic rings. The van der Waals surface area contributed by atoms with E-state index in [4.69, 9.17) is 47.1 Å². The lowest BCUT2D eigenvalue weighted by atomic mass is 9.99. The Bertz CT molecular complexity index is 1690. The van der Waals surface area contributed by atoms with Gasteiger partial charge in [-0.2, -0.15) is 0 Å². The molecule has 1 aliphatic rings. The molecule has 57 heavy (non-hydrogen) atoms. The Morgan fingerprint density at radius 1 is 0.860 bits per heavy atom. The summed E-state index contributed by atoms with van der Waals surface area (Å²) < 4.78 is 27.1. The number of aryl methyl sites for hydroxylation is 2. The number of nitrogens with one attached hydrogen (secondary N) is 2. The smallest absolute Gasteiger partial charge is 0.343 e. The maximum atomic E-state index is 13.3. The molecule has 2 atom stereocenters. The highest BCUT2D eigenvalue weighted by Gasteiger charge is 2.35. The number of piperidine rings is 1. The molecule has 1 aliphatic heterocycles. The molecular formula is C39H55Cl2N7O9. The Kier molecular flexibility index (Phi) is 20.6. The number of nitrogens with zero attached hydrogens (tertiary/aromatic N) is 3. The van der Waals surface area contributed by atoms with E-state index in [0.717, 1.165) is 80.3 Å². The monoisotopic (exact) mass is 835 g/mol. The van der Waals surface area contributed by atoms with Gasteiger partial charge in [-0.15, -0.1) is 0 Å². The standard InChI is InChI=1S/C39H54ClN7O9.ClH/c1-52-34(50)27-56-32-14-10-29(11-15-32)6-3-18-47(19-4-7-30(25-47)44-39(51)35-37(41)46-38(42)36(40)45-35)17-2-5-28-8-12-31(13-9-28)55-26-33(49)43-16-21-53-23-24-54-22-20-48;/h8-15,30,48H,2-7,16-27H2,1H3,(H5-,41,42,43,44,46,49,51);1H. The van der Waals surface area contributed by atoms with Crippen LogP contribution in [-0.2, 0) is 36.6 Å². The fourth-order valence-corrected chi connectivity index (χ4v) is 6.74. The molecule has 0 saturated carbocycles. The number of hydrogen-bond donors (Lipinski definition) is 5. The summed E-state index contributed by atoms with van der Waals surface area (Å²) in [4.78, 5) is 44.9. The van der Waals surface area contributed by atoms with Crippen LogP contribution < -0.4 is 44.0 Å². The maximum absolute atomic E-state index is 13.3. The van der Waals surface area contributed by atoms with E-state index in [1.54, 1.807) is 0 Å². The third-order valence-corrected chi connectivity index (χ3v) is 9.70. The molecule has 4 rings (SSSR count). The first-order valence-corrected chi connectivity index (χ1v) is 19.3. The van der Waals surface area contributed by atoms with Crippen LogP contribution in [0, 0.1) is 0 Å². The summed E-state index contributed by atoms with van der Waals surface area (Å²) in [5.74, 6) is 0.00582. The predicted octanol–water partition coefficient (Wildman–Crippen LogP) is -0.655. The molecule has 16 nitrogen and oxygen atoms in total. The van der Waals surface area contributed by atoms with Gasteiger partial charge in [-0.1, -0.05) is 35.9 Å². The molecule has 1 aromatic heterocycles. The van der Waals surface area contributed by atoms with Gasteiger partial charge in [0.25, 0.3) is 11.8 Å². The van der Waals surface area contributed by atoms with Crippen LogP contribution in [0.4, 0.5) is 11.6 Å². The van der Waals surface area contributed by atoms with Crippen LogP contribution in [0.5, 0.6) is 11.5 Å². The van der Waals surface area contributed by atoms with Gasteiger partial charge in [0.15, 0.2) is 35.7 Å². The molecule has 314 valence electrons. The largest absolute Gasteiger partial charge is 1.00 e. The number of carbonyl (C=O) groups is 3. The zero-order valence-corrected chi connectivity index (χ0v) is 33.9. The molecule has 18 heteroatoms. The van der Waals surface area contributed by atoms with Gasteiger partial charge in [-0.3, -0.25) is 9.59 Å². The van der Waals surface area contributed by atoms with Gasteiger partial charge < -0.3 is 67.8 Å². The molecule has 2 heterocycles. The quantitative estimate of drug-likeness (QED) is 0.0431. The number of rotatable bonds is 24. The van der Waals surface area contributed by atoms with Crippen LogP contribution >= 0.6 is 11.6 Å². The fraction of sp³-hybridized carbons (Fsp3) is 0.513. The number of amides is 2. The van der Waals surface area contributed by atoms with Crippen LogP contribution in [0.2, 0.25) is 5.15 Å². The number of quaternary nitrogens is 1. The van der Waals surface area contributed by atoms with Crippen LogP contribution in [0.25, 0.3) is 0 Å². The summed E-state index contributed by atoms with van der Waals surface area (Å²) in [7, 11) is 1.32. The summed E-state index contributed by atoms with van der Waals surface area (Å²) >= 11 is 6.06. The Morgan fingerprint density at radius 2 is 1.46 bits per heavy atom. The lowest BCUT2D eigenvalue weighted by Crippen LogP contribution is -3.00.